The van der Waals surface area contributed by atoms with E-state index in [2.05, 4.69) is 44.8 Å². The van der Waals surface area contributed by atoms with Crippen LogP contribution in [0.1, 0.15) is 60.3 Å². The van der Waals surface area contributed by atoms with Gasteiger partial charge in [-0.1, -0.05) is 34.6 Å². The van der Waals surface area contributed by atoms with E-state index in [-0.39, 0.29) is 11.9 Å². The van der Waals surface area contributed by atoms with Crippen molar-refractivity contribution in [2.75, 3.05) is 19.6 Å². The Morgan fingerprint density at radius 1 is 1.20 bits per heavy atom. The Morgan fingerprint density at radius 2 is 1.80 bits per heavy atom. The number of nitrogens with two attached hydrogens (primary N) is 1. The molecule has 0 aromatic rings. The molecule has 120 valence electrons. The van der Waals surface area contributed by atoms with Crippen LogP contribution in [0.5, 0.6) is 0 Å². The Kier molecular flexibility index (Phi) is 10.8. The van der Waals surface area contributed by atoms with Crippen molar-refractivity contribution in [2.24, 2.45) is 11.7 Å². The maximum Gasteiger partial charge on any atom is 0.234 e. The Labute approximate surface area is 125 Å². The number of primary amides is 1. The van der Waals surface area contributed by atoms with Crippen molar-refractivity contribution in [3.8, 4) is 0 Å². The summed E-state index contributed by atoms with van der Waals surface area (Å²) < 4.78 is 0. The molecule has 3 N–H and O–H groups in total. The van der Waals surface area contributed by atoms with Gasteiger partial charge in [-0.3, -0.25) is 4.79 Å². The first-order chi connectivity index (χ1) is 9.46. The second-order valence-corrected chi connectivity index (χ2v) is 6.06. The predicted molar refractivity (Wildman–Crippen MR) is 86.7 cm³/mol. The summed E-state index contributed by atoms with van der Waals surface area (Å²) in [4.78, 5) is 14.0. The van der Waals surface area contributed by atoms with Crippen LogP contribution in [-0.4, -0.2) is 42.5 Å². The number of carbonyl (C=O) groups is 1. The Morgan fingerprint density at radius 3 is 2.20 bits per heavy atom. The zero-order valence-corrected chi connectivity index (χ0v) is 14.1. The molecule has 0 spiro atoms. The molecular formula is C16H35N3O. The largest absolute Gasteiger partial charge is 0.368 e. The van der Waals surface area contributed by atoms with Crippen molar-refractivity contribution in [1.29, 1.82) is 0 Å². The molecule has 0 saturated heterocycles. The first-order valence-electron chi connectivity index (χ1n) is 8.22. The van der Waals surface area contributed by atoms with Crippen LogP contribution in [0.4, 0.5) is 0 Å². The van der Waals surface area contributed by atoms with E-state index in [1.54, 1.807) is 0 Å². The Hall–Kier alpha value is -0.610. The minimum atomic E-state index is -0.229. The topological polar surface area (TPSA) is 58.4 Å². The summed E-state index contributed by atoms with van der Waals surface area (Å²) >= 11 is 0. The van der Waals surface area contributed by atoms with E-state index >= 15 is 0 Å². The molecule has 0 radical (unpaired) electrons. The van der Waals surface area contributed by atoms with Crippen molar-refractivity contribution >= 4 is 5.91 Å². The van der Waals surface area contributed by atoms with Gasteiger partial charge in [0.05, 0.1) is 6.04 Å². The molecule has 20 heavy (non-hydrogen) atoms. The van der Waals surface area contributed by atoms with Crippen LogP contribution in [-0.2, 0) is 4.79 Å². The second kappa shape index (κ2) is 11.1. The van der Waals surface area contributed by atoms with Gasteiger partial charge in [0.1, 0.15) is 0 Å². The fraction of sp³-hybridized carbons (Fsp3) is 0.938. The molecule has 1 atom stereocenters. The highest BCUT2D eigenvalue weighted by atomic mass is 16.1. The third-order valence-electron chi connectivity index (χ3n) is 3.75. The summed E-state index contributed by atoms with van der Waals surface area (Å²) in [5.41, 5.74) is 5.49. The predicted octanol–water partition coefficient (Wildman–Crippen LogP) is 2.38. The number of rotatable bonds is 12. The van der Waals surface area contributed by atoms with Gasteiger partial charge in [-0.05, 0) is 38.1 Å². The lowest BCUT2D eigenvalue weighted by molar-refractivity contribution is -0.120. The quantitative estimate of drug-likeness (QED) is 0.579. The molecule has 0 heterocycles. The highest BCUT2D eigenvalue weighted by Gasteiger charge is 2.20. The highest BCUT2D eigenvalue weighted by Crippen LogP contribution is 2.12. The minimum Gasteiger partial charge on any atom is -0.368 e. The van der Waals surface area contributed by atoms with Crippen molar-refractivity contribution in [3.05, 3.63) is 0 Å². The molecule has 1 unspecified atom stereocenters. The smallest absolute Gasteiger partial charge is 0.234 e. The molecule has 0 aromatic carbocycles. The fourth-order valence-corrected chi connectivity index (χ4v) is 2.66. The van der Waals surface area contributed by atoms with Crippen LogP contribution in [0, 0.1) is 5.92 Å². The number of carbonyl (C=O) groups excluding carboxylic acids is 1. The van der Waals surface area contributed by atoms with Crippen LogP contribution < -0.4 is 11.1 Å². The van der Waals surface area contributed by atoms with E-state index in [1.807, 2.05) is 0 Å². The summed E-state index contributed by atoms with van der Waals surface area (Å²) in [6, 6.07) is 0.413. The molecule has 0 aliphatic rings. The number of hydrogen-bond acceptors (Lipinski definition) is 3. The fourth-order valence-electron chi connectivity index (χ4n) is 2.66. The maximum atomic E-state index is 11.5. The number of hydrogen-bond donors (Lipinski definition) is 2. The number of amides is 1. The van der Waals surface area contributed by atoms with Gasteiger partial charge >= 0.3 is 0 Å². The molecule has 0 aliphatic carbocycles. The molecule has 0 aromatic heterocycles. The van der Waals surface area contributed by atoms with Crippen molar-refractivity contribution in [2.45, 2.75) is 72.4 Å². The zero-order valence-electron chi connectivity index (χ0n) is 14.1. The van der Waals surface area contributed by atoms with E-state index in [0.29, 0.717) is 12.0 Å². The van der Waals surface area contributed by atoms with E-state index < -0.39 is 0 Å². The van der Waals surface area contributed by atoms with Crippen molar-refractivity contribution in [1.82, 2.24) is 10.2 Å². The molecule has 4 heteroatoms. The first-order valence-corrected chi connectivity index (χ1v) is 8.22. The highest BCUT2D eigenvalue weighted by molar-refractivity contribution is 5.79. The van der Waals surface area contributed by atoms with E-state index in [4.69, 9.17) is 5.73 Å². The maximum absolute atomic E-state index is 11.5. The van der Waals surface area contributed by atoms with Crippen LogP contribution in [0.15, 0.2) is 0 Å². The average Bonchev–Trinajstić information content (AvgIpc) is 2.38. The standard InChI is InChI=1S/C16H35N3O/c1-6-10-18-15(16(17)20)9-11-19(12-13(4)5)14(7-2)8-3/h13-15,18H,6-12H2,1-5H3,(H2,17,20). The summed E-state index contributed by atoms with van der Waals surface area (Å²) in [7, 11) is 0. The van der Waals surface area contributed by atoms with Gasteiger partial charge in [0.15, 0.2) is 0 Å². The van der Waals surface area contributed by atoms with Gasteiger partial charge in [-0.25, -0.2) is 0 Å². The SMILES string of the molecule is CCCNC(CCN(CC(C)C)C(CC)CC)C(N)=O. The third-order valence-corrected chi connectivity index (χ3v) is 3.75. The average molecular weight is 285 g/mol. The van der Waals surface area contributed by atoms with Crippen molar-refractivity contribution in [3.63, 3.8) is 0 Å². The van der Waals surface area contributed by atoms with Crippen LogP contribution in [0.3, 0.4) is 0 Å². The lowest BCUT2D eigenvalue weighted by atomic mass is 10.1. The molecule has 0 fully saturated rings. The molecule has 0 bridgehead atoms. The molecule has 0 saturated carbocycles. The molecule has 4 nitrogen and oxygen atoms in total. The zero-order chi connectivity index (χ0) is 15.5. The molecule has 0 aliphatic heterocycles. The lowest BCUT2D eigenvalue weighted by Crippen LogP contribution is -2.46. The van der Waals surface area contributed by atoms with E-state index in [1.165, 1.54) is 0 Å². The monoisotopic (exact) mass is 285 g/mol. The van der Waals surface area contributed by atoms with Gasteiger partial charge in [-0.15, -0.1) is 0 Å². The van der Waals surface area contributed by atoms with Gasteiger partial charge in [-0.2, -0.15) is 0 Å². The van der Waals surface area contributed by atoms with Crippen molar-refractivity contribution < 1.29 is 4.79 Å². The summed E-state index contributed by atoms with van der Waals surface area (Å²) in [6.45, 7) is 13.9. The number of nitrogens with zero attached hydrogens (tertiary/aromatic N) is 1. The van der Waals surface area contributed by atoms with Crippen LogP contribution in [0.25, 0.3) is 0 Å². The van der Waals surface area contributed by atoms with Gasteiger partial charge in [0.2, 0.25) is 5.91 Å². The molecular weight excluding hydrogens is 250 g/mol. The summed E-state index contributed by atoms with van der Waals surface area (Å²) in [6.07, 6.45) is 4.14. The van der Waals surface area contributed by atoms with E-state index in [0.717, 1.165) is 45.3 Å². The molecule has 0 rings (SSSR count). The minimum absolute atomic E-state index is 0.195. The van der Waals surface area contributed by atoms with Gasteiger partial charge in [0, 0.05) is 19.1 Å². The Balaban J connectivity index is 4.50. The van der Waals surface area contributed by atoms with Gasteiger partial charge in [0.25, 0.3) is 0 Å². The summed E-state index contributed by atoms with van der Waals surface area (Å²) in [5.74, 6) is 0.415. The van der Waals surface area contributed by atoms with E-state index in [9.17, 15) is 4.79 Å². The Bertz CT molecular complexity index is 252. The summed E-state index contributed by atoms with van der Waals surface area (Å²) in [5, 5.41) is 3.25. The second-order valence-electron chi connectivity index (χ2n) is 6.06. The van der Waals surface area contributed by atoms with Gasteiger partial charge < -0.3 is 16.0 Å². The third kappa shape index (κ3) is 7.85. The first kappa shape index (κ1) is 19.4. The normalized spacial score (nSPS) is 13.4. The molecule has 1 amide bonds. The van der Waals surface area contributed by atoms with Crippen LogP contribution >= 0.6 is 0 Å². The number of nitrogens with one attached hydrogen (secondary N) is 1. The lowest BCUT2D eigenvalue weighted by Gasteiger charge is -2.33. The van der Waals surface area contributed by atoms with Crippen LogP contribution in [0.2, 0.25) is 0 Å².